The lowest BCUT2D eigenvalue weighted by Crippen LogP contribution is -2.12. The highest BCUT2D eigenvalue weighted by Crippen LogP contribution is 2.36. The molecule has 0 saturated carbocycles. The maximum atomic E-state index is 12.2. The van der Waals surface area contributed by atoms with E-state index in [-0.39, 0.29) is 11.5 Å². The number of carbonyl (C=O) groups excluding carboxylic acids is 1. The average molecular weight is 443 g/mol. The van der Waals surface area contributed by atoms with Crippen LogP contribution in [-0.4, -0.2) is 23.6 Å². The van der Waals surface area contributed by atoms with E-state index in [0.29, 0.717) is 32.6 Å². The first-order chi connectivity index (χ1) is 10.9. The normalized spacial score (nSPS) is 10.2. The molecule has 23 heavy (non-hydrogen) atoms. The van der Waals surface area contributed by atoms with Crippen LogP contribution in [0.15, 0.2) is 45.3 Å². The van der Waals surface area contributed by atoms with Gasteiger partial charge in [0.25, 0.3) is 5.91 Å². The number of anilines is 1. The fourth-order valence-electron chi connectivity index (χ4n) is 1.88. The van der Waals surface area contributed by atoms with Crippen LogP contribution in [0.3, 0.4) is 0 Å². The van der Waals surface area contributed by atoms with Crippen molar-refractivity contribution in [1.82, 2.24) is 0 Å². The summed E-state index contributed by atoms with van der Waals surface area (Å²) in [5.41, 5.74) is 1.09. The van der Waals surface area contributed by atoms with Gasteiger partial charge in [-0.3, -0.25) is 4.79 Å². The van der Waals surface area contributed by atoms with E-state index in [2.05, 4.69) is 37.2 Å². The van der Waals surface area contributed by atoms with Gasteiger partial charge in [-0.1, -0.05) is 0 Å². The Hall–Kier alpha value is -1.86. The zero-order valence-corrected chi connectivity index (χ0v) is 15.3. The van der Waals surface area contributed by atoms with Crippen LogP contribution in [-0.2, 0) is 0 Å². The number of carboxylic acid groups (broad SMARTS) is 1. The molecule has 0 radical (unpaired) electrons. The number of amides is 1. The molecule has 0 heterocycles. The highest BCUT2D eigenvalue weighted by atomic mass is 79.9. The van der Waals surface area contributed by atoms with Gasteiger partial charge in [0.15, 0.2) is 0 Å². The number of carboxylic acids is 1. The first kappa shape index (κ1) is 17.5. The van der Waals surface area contributed by atoms with Crippen LogP contribution in [0.5, 0.6) is 5.75 Å². The number of hydrogen-bond donors (Lipinski definition) is 2. The van der Waals surface area contributed by atoms with Crippen molar-refractivity contribution >= 4 is 49.4 Å². The zero-order chi connectivity index (χ0) is 17.0. The summed E-state index contributed by atoms with van der Waals surface area (Å²) in [7, 11) is 0. The summed E-state index contributed by atoms with van der Waals surface area (Å²) in [6, 6.07) is 9.19. The Morgan fingerprint density at radius 2 is 1.61 bits per heavy atom. The van der Waals surface area contributed by atoms with Gasteiger partial charge in [0.2, 0.25) is 0 Å². The zero-order valence-electron chi connectivity index (χ0n) is 12.1. The third-order valence-corrected chi connectivity index (χ3v) is 4.12. The number of aromatic carboxylic acids is 1. The van der Waals surface area contributed by atoms with E-state index in [4.69, 9.17) is 9.84 Å². The molecule has 0 aromatic heterocycles. The van der Waals surface area contributed by atoms with Crippen LogP contribution in [0.25, 0.3) is 0 Å². The van der Waals surface area contributed by atoms with Crippen LogP contribution < -0.4 is 10.1 Å². The molecular weight excluding hydrogens is 430 g/mol. The number of benzene rings is 2. The van der Waals surface area contributed by atoms with Gasteiger partial charge >= 0.3 is 5.97 Å². The number of ether oxygens (including phenoxy) is 1. The van der Waals surface area contributed by atoms with Gasteiger partial charge in [0, 0.05) is 11.3 Å². The number of nitrogens with one attached hydrogen (secondary N) is 1. The first-order valence-corrected chi connectivity index (χ1v) is 8.27. The Balaban J connectivity index is 2.18. The van der Waals surface area contributed by atoms with E-state index in [1.165, 1.54) is 24.3 Å². The van der Waals surface area contributed by atoms with E-state index in [1.807, 2.05) is 6.92 Å². The second kappa shape index (κ2) is 7.61. The number of halogens is 2. The van der Waals surface area contributed by atoms with Crippen LogP contribution in [0.2, 0.25) is 0 Å². The molecule has 0 fully saturated rings. The minimum absolute atomic E-state index is 0.133. The molecule has 1 amide bonds. The fraction of sp³-hybridized carbons (Fsp3) is 0.125. The standard InChI is InChI=1S/C16H13Br2NO4/c1-2-23-14-12(17)7-11(8-13(14)18)19-15(20)9-3-5-10(6-4-9)16(21)22/h3-8H,2H2,1H3,(H,19,20)(H,21,22). The fourth-order valence-corrected chi connectivity index (χ4v) is 3.30. The van der Waals surface area contributed by atoms with Gasteiger partial charge in [-0.25, -0.2) is 4.79 Å². The summed E-state index contributed by atoms with van der Waals surface area (Å²) in [4.78, 5) is 23.0. The number of rotatable bonds is 5. The molecule has 0 unspecified atom stereocenters. The van der Waals surface area contributed by atoms with Crippen LogP contribution in [0, 0.1) is 0 Å². The van der Waals surface area contributed by atoms with Gasteiger partial charge in [-0.05, 0) is 75.2 Å². The quantitative estimate of drug-likeness (QED) is 0.711. The minimum Gasteiger partial charge on any atom is -0.492 e. The molecule has 0 aliphatic rings. The van der Waals surface area contributed by atoms with E-state index in [9.17, 15) is 9.59 Å². The smallest absolute Gasteiger partial charge is 0.335 e. The predicted molar refractivity (Wildman–Crippen MR) is 94.4 cm³/mol. The summed E-state index contributed by atoms with van der Waals surface area (Å²) in [5.74, 6) is -0.697. The molecule has 0 saturated heterocycles. The molecule has 2 aromatic carbocycles. The van der Waals surface area contributed by atoms with E-state index in [0.717, 1.165) is 0 Å². The maximum Gasteiger partial charge on any atom is 0.335 e. The molecular formula is C16H13Br2NO4. The molecule has 2 N–H and O–H groups in total. The Morgan fingerprint density at radius 3 is 2.09 bits per heavy atom. The molecule has 7 heteroatoms. The lowest BCUT2D eigenvalue weighted by Gasteiger charge is -2.12. The second-order valence-electron chi connectivity index (χ2n) is 4.54. The largest absolute Gasteiger partial charge is 0.492 e. The molecule has 0 spiro atoms. The van der Waals surface area contributed by atoms with Crippen molar-refractivity contribution in [2.24, 2.45) is 0 Å². The van der Waals surface area contributed by atoms with Crippen molar-refractivity contribution in [2.75, 3.05) is 11.9 Å². The average Bonchev–Trinajstić information content (AvgIpc) is 2.51. The number of carbonyl (C=O) groups is 2. The molecule has 2 aromatic rings. The van der Waals surface area contributed by atoms with Crippen molar-refractivity contribution in [1.29, 1.82) is 0 Å². The van der Waals surface area contributed by atoms with Crippen molar-refractivity contribution in [3.63, 3.8) is 0 Å². The van der Waals surface area contributed by atoms with Gasteiger partial charge in [-0.2, -0.15) is 0 Å². The molecule has 5 nitrogen and oxygen atoms in total. The second-order valence-corrected chi connectivity index (χ2v) is 6.25. The van der Waals surface area contributed by atoms with Crippen molar-refractivity contribution < 1.29 is 19.4 Å². The topological polar surface area (TPSA) is 75.6 Å². The van der Waals surface area contributed by atoms with E-state index < -0.39 is 5.97 Å². The molecule has 0 aliphatic heterocycles. The Bertz CT molecular complexity index is 721. The van der Waals surface area contributed by atoms with Crippen LogP contribution in [0.4, 0.5) is 5.69 Å². The summed E-state index contributed by atoms with van der Waals surface area (Å²) in [6.45, 7) is 2.41. The van der Waals surface area contributed by atoms with E-state index in [1.54, 1.807) is 12.1 Å². The Morgan fingerprint density at radius 1 is 1.09 bits per heavy atom. The van der Waals surface area contributed by atoms with Gasteiger partial charge in [-0.15, -0.1) is 0 Å². The molecule has 2 rings (SSSR count). The lowest BCUT2D eigenvalue weighted by molar-refractivity contribution is 0.0696. The summed E-state index contributed by atoms with van der Waals surface area (Å²) in [5, 5.41) is 11.6. The third kappa shape index (κ3) is 4.33. The summed E-state index contributed by atoms with van der Waals surface area (Å²) >= 11 is 6.80. The van der Waals surface area contributed by atoms with Gasteiger partial charge in [0.05, 0.1) is 21.1 Å². The molecule has 0 bridgehead atoms. The maximum absolute atomic E-state index is 12.2. The van der Waals surface area contributed by atoms with Crippen molar-refractivity contribution in [2.45, 2.75) is 6.92 Å². The highest BCUT2D eigenvalue weighted by Gasteiger charge is 2.12. The monoisotopic (exact) mass is 441 g/mol. The first-order valence-electron chi connectivity index (χ1n) is 6.69. The predicted octanol–water partition coefficient (Wildman–Crippen LogP) is 4.56. The lowest BCUT2D eigenvalue weighted by atomic mass is 10.1. The van der Waals surface area contributed by atoms with Gasteiger partial charge < -0.3 is 15.2 Å². The van der Waals surface area contributed by atoms with Crippen molar-refractivity contribution in [3.8, 4) is 5.75 Å². The third-order valence-electron chi connectivity index (χ3n) is 2.94. The number of hydrogen-bond acceptors (Lipinski definition) is 3. The Kier molecular flexibility index (Phi) is 5.79. The molecule has 0 aliphatic carbocycles. The summed E-state index contributed by atoms with van der Waals surface area (Å²) in [6.07, 6.45) is 0. The van der Waals surface area contributed by atoms with E-state index >= 15 is 0 Å². The molecule has 120 valence electrons. The SMILES string of the molecule is CCOc1c(Br)cc(NC(=O)c2ccc(C(=O)O)cc2)cc1Br. The van der Waals surface area contributed by atoms with Crippen LogP contribution >= 0.6 is 31.9 Å². The Labute approximate surface area is 149 Å². The van der Waals surface area contributed by atoms with Gasteiger partial charge in [0.1, 0.15) is 5.75 Å². The van der Waals surface area contributed by atoms with Crippen LogP contribution in [0.1, 0.15) is 27.6 Å². The van der Waals surface area contributed by atoms with Crippen molar-refractivity contribution in [3.05, 3.63) is 56.5 Å². The summed E-state index contributed by atoms with van der Waals surface area (Å²) < 4.78 is 6.91. The highest BCUT2D eigenvalue weighted by molar-refractivity contribution is 9.11. The minimum atomic E-state index is -1.03. The molecule has 0 atom stereocenters.